The van der Waals surface area contributed by atoms with Crippen molar-refractivity contribution in [3.8, 4) is 78.9 Å². The largest absolute Gasteiger partial charge is 0.467 e. The zero-order valence-electron chi connectivity index (χ0n) is 76.1. The van der Waals surface area contributed by atoms with Gasteiger partial charge in [0.15, 0.2) is 5.82 Å². The van der Waals surface area contributed by atoms with E-state index in [0.29, 0.717) is 6.54 Å². The number of hydrogen-bond donors (Lipinski definition) is 0. The van der Waals surface area contributed by atoms with Gasteiger partial charge in [-0.2, -0.15) is 10.2 Å². The van der Waals surface area contributed by atoms with Crippen molar-refractivity contribution < 1.29 is 4.42 Å². The van der Waals surface area contributed by atoms with Crippen LogP contribution in [0.1, 0.15) is 73.1 Å². The number of rotatable bonds is 22. The molecular weight excluding hydrogens is 1710 g/mol. The normalized spacial score (nSPS) is 10.7. The molecule has 139 heavy (non-hydrogen) atoms. The summed E-state index contributed by atoms with van der Waals surface area (Å²) in [6, 6.07) is 116. The van der Waals surface area contributed by atoms with Gasteiger partial charge in [-0.05, 0) is 129 Å². The zero-order valence-corrected chi connectivity index (χ0v) is 76.1. The lowest BCUT2D eigenvalue weighted by atomic mass is 10.0. The third-order valence-electron chi connectivity index (χ3n) is 22.2. The second-order valence-corrected chi connectivity index (χ2v) is 32.2. The second-order valence-electron chi connectivity index (χ2n) is 32.2. The van der Waals surface area contributed by atoms with Crippen LogP contribution >= 0.6 is 0 Å². The van der Waals surface area contributed by atoms with Gasteiger partial charge in [0.1, 0.15) is 18.1 Å². The first kappa shape index (κ1) is 92.2. The van der Waals surface area contributed by atoms with Crippen LogP contribution in [0.3, 0.4) is 0 Å². The standard InChI is InChI=1S/C21H16N2.C19H15N3O.2C17H14N2.C16H13N3.2C14H12N4/c1-2-6-17(7-3-1)21-11-10-16(13-23-21)12-19-15-22-14-18-8-4-5-9-20(18)19;1-2-5-15(6-3-1)17-9-8-16(13-21-17)19(18-7-4-12-23-18)22-11-10-20-14-22;1-2-6-16(7-3-1)17-9-8-15(13-19-17)11-14-5-4-10-18-12-14;1-2-4-16(5-3-1)17-7-6-15(13-19-17)12-14-8-10-18-11-9-14;1-2-4-15(5-3-1)16-7-6-13(11-19-16)8-14-9-17-12-18-10-14;1-2-4-13(5-3-1)14-16-8-12(9-17-14)10-18-7-6-15-11-18;1-2-4-12(5-3-1)14-7-6-13(16-17-14)10-18-9-8-15-11-18/h1-11,13-15H,12H2;1-14,19H;1-10,12-13H,11H2;1-11,13H,12H2;1-7,9-12H,8H2;2*1-9,11H,10H2. The van der Waals surface area contributed by atoms with Crippen LogP contribution in [-0.4, -0.2) is 98.7 Å². The highest BCUT2D eigenvalue weighted by molar-refractivity contribution is 5.85. The van der Waals surface area contributed by atoms with E-state index in [0.717, 1.165) is 145 Å². The number of aromatic nitrogens is 20. The van der Waals surface area contributed by atoms with E-state index in [2.05, 4.69) is 224 Å². The number of furan rings is 1. The van der Waals surface area contributed by atoms with Crippen LogP contribution in [0.2, 0.25) is 0 Å². The molecule has 21 nitrogen and oxygen atoms in total. The molecule has 0 saturated heterocycles. The molecule has 15 heterocycles. The molecule has 15 aromatic heterocycles. The molecule has 0 amide bonds. The maximum Gasteiger partial charge on any atom is 0.159 e. The first-order valence-corrected chi connectivity index (χ1v) is 45.4. The second kappa shape index (κ2) is 49.2. The van der Waals surface area contributed by atoms with Crippen molar-refractivity contribution in [1.82, 2.24) is 98.7 Å². The molecule has 1 unspecified atom stereocenters. The van der Waals surface area contributed by atoms with Crippen molar-refractivity contribution >= 4 is 10.8 Å². The van der Waals surface area contributed by atoms with Gasteiger partial charge in [-0.25, -0.2) is 34.9 Å². The summed E-state index contributed by atoms with van der Waals surface area (Å²) in [4.78, 5) is 64.2. The minimum atomic E-state index is -0.0650. The molecule has 0 aliphatic carbocycles. The van der Waals surface area contributed by atoms with Crippen molar-refractivity contribution in [3.63, 3.8) is 0 Å². The quantitative estimate of drug-likeness (QED) is 0.0612. The Morgan fingerprint density at radius 3 is 1.12 bits per heavy atom. The monoisotopic (exact) mass is 1810 g/mol. The molecule has 0 fully saturated rings. The van der Waals surface area contributed by atoms with Crippen LogP contribution in [0.5, 0.6) is 0 Å². The molecule has 23 aromatic rings. The summed E-state index contributed by atoms with van der Waals surface area (Å²) in [6.45, 7) is 1.44. The number of imidazole rings is 3. The average molecular weight is 1810 g/mol. The predicted octanol–water partition coefficient (Wildman–Crippen LogP) is 24.4. The van der Waals surface area contributed by atoms with Gasteiger partial charge in [0.2, 0.25) is 0 Å². The molecule has 0 N–H and O–H groups in total. The summed E-state index contributed by atoms with van der Waals surface area (Å²) in [5.41, 5.74) is 26.3. The highest BCUT2D eigenvalue weighted by atomic mass is 16.3. The minimum Gasteiger partial charge on any atom is -0.467 e. The highest BCUT2D eigenvalue weighted by Crippen LogP contribution is 2.30. The average Bonchev–Trinajstić information content (AvgIpc) is 1.59. The molecule has 0 spiro atoms. The molecule has 23 rings (SSSR count). The first-order chi connectivity index (χ1) is 68.9. The Balaban J connectivity index is 0.000000112. The molecule has 0 aliphatic rings. The van der Waals surface area contributed by atoms with Crippen LogP contribution in [0.25, 0.3) is 89.7 Å². The predicted molar refractivity (Wildman–Crippen MR) is 548 cm³/mol. The lowest BCUT2D eigenvalue weighted by Gasteiger charge is -2.16. The molecule has 0 aliphatic heterocycles. The molecule has 1 atom stereocenters. The van der Waals surface area contributed by atoms with Gasteiger partial charge in [0, 0.05) is 205 Å². The number of fused-ring (bicyclic) bond motifs is 1. The maximum absolute atomic E-state index is 5.61. The van der Waals surface area contributed by atoms with Gasteiger partial charge in [-0.1, -0.05) is 273 Å². The Kier molecular flexibility index (Phi) is 32.6. The number of pyridine rings is 8. The number of hydrogen-bond acceptors (Lipinski definition) is 18. The topological polar surface area (TPSA) is 247 Å². The summed E-state index contributed by atoms with van der Waals surface area (Å²) >= 11 is 0. The van der Waals surface area contributed by atoms with Crippen LogP contribution in [-0.2, 0) is 38.8 Å². The van der Waals surface area contributed by atoms with E-state index < -0.39 is 0 Å². The maximum atomic E-state index is 5.61. The fourth-order valence-corrected chi connectivity index (χ4v) is 15.1. The van der Waals surface area contributed by atoms with Crippen molar-refractivity contribution in [1.29, 1.82) is 0 Å². The van der Waals surface area contributed by atoms with Gasteiger partial charge in [-0.3, -0.25) is 39.9 Å². The fraction of sp³-hybridized carbons (Fsp3) is 0.0593. The van der Waals surface area contributed by atoms with Gasteiger partial charge < -0.3 is 18.1 Å². The third kappa shape index (κ3) is 27.5. The van der Waals surface area contributed by atoms with E-state index in [9.17, 15) is 0 Å². The Labute approximate surface area is 807 Å². The molecule has 8 aromatic carbocycles. The summed E-state index contributed by atoms with van der Waals surface area (Å²) < 4.78 is 11.6. The van der Waals surface area contributed by atoms with Gasteiger partial charge in [0.05, 0.1) is 78.2 Å². The Hall–Kier alpha value is -18.6. The summed E-state index contributed by atoms with van der Waals surface area (Å²) in [5.74, 6) is 1.61. The highest BCUT2D eigenvalue weighted by Gasteiger charge is 2.20. The molecule has 0 bridgehead atoms. The third-order valence-corrected chi connectivity index (χ3v) is 22.2. The zero-order chi connectivity index (χ0) is 94.1. The smallest absolute Gasteiger partial charge is 0.159 e. The minimum absolute atomic E-state index is 0.0650. The summed E-state index contributed by atoms with van der Waals surface area (Å²) in [6.07, 6.45) is 51.3. The van der Waals surface area contributed by atoms with Crippen molar-refractivity contribution in [2.24, 2.45) is 0 Å². The number of benzene rings is 8. The van der Waals surface area contributed by atoms with Crippen molar-refractivity contribution in [3.05, 3.63) is 575 Å². The van der Waals surface area contributed by atoms with E-state index in [-0.39, 0.29) is 6.04 Å². The molecule has 0 saturated carbocycles. The van der Waals surface area contributed by atoms with E-state index in [4.69, 9.17) is 4.42 Å². The van der Waals surface area contributed by atoms with E-state index >= 15 is 0 Å². The molecular formula is C118H96N20O. The Bertz CT molecular complexity index is 6970. The lowest BCUT2D eigenvalue weighted by Crippen LogP contribution is -2.10. The summed E-state index contributed by atoms with van der Waals surface area (Å²) in [5, 5.41) is 10.9. The van der Waals surface area contributed by atoms with Crippen LogP contribution in [0.4, 0.5) is 0 Å². The van der Waals surface area contributed by atoms with Crippen LogP contribution < -0.4 is 0 Å². The first-order valence-electron chi connectivity index (χ1n) is 45.4. The van der Waals surface area contributed by atoms with Gasteiger partial charge in [-0.15, -0.1) is 0 Å². The van der Waals surface area contributed by atoms with Gasteiger partial charge in [0.25, 0.3) is 0 Å². The van der Waals surface area contributed by atoms with Gasteiger partial charge >= 0.3 is 0 Å². The fourth-order valence-electron chi connectivity index (χ4n) is 15.1. The van der Waals surface area contributed by atoms with E-state index in [1.54, 1.807) is 56.4 Å². The van der Waals surface area contributed by atoms with Crippen LogP contribution in [0.15, 0.2) is 512 Å². The van der Waals surface area contributed by atoms with Crippen molar-refractivity contribution in [2.45, 2.75) is 44.8 Å². The SMILES string of the molecule is c1ccc(-c2ccc(C(c3ccco3)n3ccnc3)cn2)cc1.c1ccc(-c2ccc(Cc3cccnc3)cn2)cc1.c1ccc(-c2ccc(Cc3ccncc3)cn2)cc1.c1ccc(-c2ccc(Cc3cncc4ccccc34)cn2)cc1.c1ccc(-c2ccc(Cc3cncnc3)cn2)cc1.c1ccc(-c2ccc(Cn3ccnc3)nn2)cc1.c1ccc(-c2ncc(Cn3ccnc3)cn2)cc1. The Morgan fingerprint density at radius 1 is 0.245 bits per heavy atom. The Morgan fingerprint density at radius 2 is 0.676 bits per heavy atom. The van der Waals surface area contributed by atoms with E-state index in [1.165, 1.54) is 44.2 Å². The number of nitrogens with zero attached hydrogens (tertiary/aromatic N) is 20. The summed E-state index contributed by atoms with van der Waals surface area (Å²) in [7, 11) is 0. The van der Waals surface area contributed by atoms with Crippen molar-refractivity contribution in [2.75, 3.05) is 0 Å². The van der Waals surface area contributed by atoms with Crippen LogP contribution in [0, 0.1) is 0 Å². The van der Waals surface area contributed by atoms with E-state index in [1.807, 2.05) is 325 Å². The molecule has 674 valence electrons. The lowest BCUT2D eigenvalue weighted by molar-refractivity contribution is 0.460. The molecule has 0 radical (unpaired) electrons. The molecule has 21 heteroatoms.